The monoisotopic (exact) mass is 882 g/mol. The summed E-state index contributed by atoms with van der Waals surface area (Å²) >= 11 is 0. The minimum Gasteiger partial charge on any atom is -0.480 e. The number of hydrogen-bond donors (Lipinski definition) is 9. The number of amides is 8. The maximum absolute atomic E-state index is 14.1. The van der Waals surface area contributed by atoms with Gasteiger partial charge in [-0.15, -0.1) is 0 Å². The lowest BCUT2D eigenvalue weighted by Crippen LogP contribution is -2.57. The first-order chi connectivity index (χ1) is 30.3. The number of primary amides is 1. The lowest BCUT2D eigenvalue weighted by Gasteiger charge is -2.27. The Morgan fingerprint density at radius 3 is 1.56 bits per heavy atom. The highest BCUT2D eigenvalue weighted by molar-refractivity contribution is 6.01. The Kier molecular flexibility index (Phi) is 20.3. The van der Waals surface area contributed by atoms with Crippen molar-refractivity contribution in [1.29, 1.82) is 0 Å². The summed E-state index contributed by atoms with van der Waals surface area (Å²) in [5.41, 5.74) is 7.22. The van der Waals surface area contributed by atoms with Crippen LogP contribution in [0.25, 0.3) is 0 Å². The summed E-state index contributed by atoms with van der Waals surface area (Å²) in [7, 11) is 0. The van der Waals surface area contributed by atoms with Crippen LogP contribution in [0.5, 0.6) is 0 Å². The van der Waals surface area contributed by atoms with Gasteiger partial charge in [0.25, 0.3) is 0 Å². The fourth-order valence-corrected chi connectivity index (χ4v) is 6.34. The van der Waals surface area contributed by atoms with Gasteiger partial charge < -0.3 is 48.1 Å². The van der Waals surface area contributed by atoms with Gasteiger partial charge >= 0.3 is 5.97 Å². The molecule has 0 fully saturated rings. The van der Waals surface area contributed by atoms with Gasteiger partial charge in [-0.1, -0.05) is 119 Å². The van der Waals surface area contributed by atoms with E-state index in [1.165, 1.54) is 6.92 Å². The van der Waals surface area contributed by atoms with E-state index in [-0.39, 0.29) is 31.1 Å². The van der Waals surface area contributed by atoms with Crippen LogP contribution in [0.15, 0.2) is 103 Å². The molecule has 6 atom stereocenters. The van der Waals surface area contributed by atoms with E-state index < -0.39 is 96.0 Å². The summed E-state index contributed by atoms with van der Waals surface area (Å²) in [5.74, 6) is -7.82. The van der Waals surface area contributed by atoms with Gasteiger partial charge in [0.05, 0.1) is 6.54 Å². The van der Waals surface area contributed by atoms with E-state index in [1.807, 2.05) is 13.8 Å². The molecule has 0 saturated heterocycles. The van der Waals surface area contributed by atoms with Crippen LogP contribution < -0.4 is 43.0 Å². The highest BCUT2D eigenvalue weighted by Gasteiger charge is 2.33. The van der Waals surface area contributed by atoms with Gasteiger partial charge in [0.15, 0.2) is 0 Å². The zero-order chi connectivity index (χ0) is 47.3. The van der Waals surface area contributed by atoms with Crippen molar-refractivity contribution in [2.45, 2.75) is 90.1 Å². The molecule has 10 N–H and O–H groups in total. The summed E-state index contributed by atoms with van der Waals surface area (Å²) in [5, 5.41) is 27.2. The smallest absolute Gasteiger partial charge is 0.326 e. The Balaban J connectivity index is 1.70. The number of carboxylic acid groups (broad SMARTS) is 1. The Labute approximate surface area is 372 Å². The third-order valence-electron chi connectivity index (χ3n) is 9.69. The lowest BCUT2D eigenvalue weighted by molar-refractivity contribution is -0.141. The number of nitrogens with two attached hydrogens (primary N) is 1. The summed E-state index contributed by atoms with van der Waals surface area (Å²) < 4.78 is 0. The number of hydrogen-bond acceptors (Lipinski definition) is 9. The first-order valence-electron chi connectivity index (χ1n) is 20.8. The second kappa shape index (κ2) is 25.5. The first-order valence-corrected chi connectivity index (χ1v) is 20.8. The summed E-state index contributed by atoms with van der Waals surface area (Å²) in [6.07, 6.45) is 1.87. The molecule has 0 aliphatic heterocycles. The van der Waals surface area contributed by atoms with Crippen molar-refractivity contribution in [3.05, 3.63) is 120 Å². The van der Waals surface area contributed by atoms with Crippen LogP contribution in [-0.2, 0) is 56.0 Å². The first kappa shape index (κ1) is 51.0. The van der Waals surface area contributed by atoms with E-state index in [1.54, 1.807) is 105 Å². The van der Waals surface area contributed by atoms with Crippen molar-refractivity contribution in [1.82, 2.24) is 37.2 Å². The standard InChI is InChI=1S/C46H58N8O10/c1-27(2)23-33(43(60)53-39(28(3)4)41(47)58)52-45(62)40(32-19-13-8-14-20-32)54-44(61)34(24-30-15-9-6-10-16-30)50-37(56)22-21-36(55)49-29(5)42(59)48-26-38(57)51-35(46(63)64)25-31-17-11-7-12-18-31/h6-22,27-29,33-35,39-40H,23-26H2,1-5H3,(H2,47,58)(H,48,59)(H,49,55)(H,50,56)(H,51,57)(H,52,62)(H,53,60)(H,54,61)(H,63,64)/b22-21+/t29-,33-,34-,35-,39-,40-/m0/s1. The van der Waals surface area contributed by atoms with Crippen molar-refractivity contribution in [3.63, 3.8) is 0 Å². The highest BCUT2D eigenvalue weighted by Crippen LogP contribution is 2.16. The molecule has 8 amide bonds. The van der Waals surface area contributed by atoms with Crippen molar-refractivity contribution in [2.75, 3.05) is 6.54 Å². The molecule has 342 valence electrons. The van der Waals surface area contributed by atoms with Gasteiger partial charge in [-0.25, -0.2) is 4.79 Å². The van der Waals surface area contributed by atoms with Crippen LogP contribution in [0.3, 0.4) is 0 Å². The second-order valence-electron chi connectivity index (χ2n) is 15.9. The fourth-order valence-electron chi connectivity index (χ4n) is 6.34. The molecule has 3 aromatic carbocycles. The number of nitrogens with one attached hydrogen (secondary N) is 7. The van der Waals surface area contributed by atoms with E-state index in [9.17, 15) is 48.3 Å². The number of rotatable bonds is 24. The minimum atomic E-state index is -1.35. The van der Waals surface area contributed by atoms with Crippen molar-refractivity contribution < 1.29 is 48.3 Å². The molecule has 0 aliphatic rings. The van der Waals surface area contributed by atoms with Gasteiger partial charge in [-0.05, 0) is 41.9 Å². The Morgan fingerprint density at radius 2 is 1.06 bits per heavy atom. The maximum Gasteiger partial charge on any atom is 0.326 e. The number of carbonyl (C=O) groups is 9. The van der Waals surface area contributed by atoms with Gasteiger partial charge in [0, 0.05) is 25.0 Å². The van der Waals surface area contributed by atoms with Gasteiger partial charge in [-0.2, -0.15) is 0 Å². The number of aliphatic carboxylic acids is 1. The molecule has 0 aromatic heterocycles. The molecule has 0 heterocycles. The molecule has 0 aliphatic carbocycles. The van der Waals surface area contributed by atoms with Gasteiger partial charge in [0.1, 0.15) is 36.3 Å². The summed E-state index contributed by atoms with van der Waals surface area (Å²) in [6, 6.07) is 18.4. The zero-order valence-electron chi connectivity index (χ0n) is 36.5. The quantitative estimate of drug-likeness (QED) is 0.0569. The van der Waals surface area contributed by atoms with E-state index in [0.717, 1.165) is 12.2 Å². The fraction of sp³-hybridized carbons (Fsp3) is 0.370. The largest absolute Gasteiger partial charge is 0.480 e. The molecule has 18 heteroatoms. The molecular formula is C46H58N8O10. The molecule has 3 aromatic rings. The summed E-state index contributed by atoms with van der Waals surface area (Å²) in [4.78, 5) is 116. The molecule has 0 bridgehead atoms. The normalized spacial score (nSPS) is 13.9. The second-order valence-corrected chi connectivity index (χ2v) is 15.9. The molecule has 0 unspecified atom stereocenters. The molecule has 0 spiro atoms. The van der Waals surface area contributed by atoms with E-state index in [0.29, 0.717) is 16.7 Å². The van der Waals surface area contributed by atoms with Crippen molar-refractivity contribution in [3.8, 4) is 0 Å². The van der Waals surface area contributed by atoms with Crippen LogP contribution in [0.2, 0.25) is 0 Å². The molecule has 3 rings (SSSR count). The van der Waals surface area contributed by atoms with Crippen LogP contribution in [0.1, 0.15) is 63.8 Å². The minimum absolute atomic E-state index is 0.0202. The van der Waals surface area contributed by atoms with E-state index >= 15 is 0 Å². The molecular weight excluding hydrogens is 825 g/mol. The molecule has 64 heavy (non-hydrogen) atoms. The highest BCUT2D eigenvalue weighted by atomic mass is 16.4. The lowest BCUT2D eigenvalue weighted by atomic mass is 9.99. The molecule has 0 radical (unpaired) electrons. The third-order valence-corrected chi connectivity index (χ3v) is 9.69. The summed E-state index contributed by atoms with van der Waals surface area (Å²) in [6.45, 7) is 7.88. The van der Waals surface area contributed by atoms with Crippen LogP contribution >= 0.6 is 0 Å². The number of benzene rings is 3. The van der Waals surface area contributed by atoms with Crippen LogP contribution in [0, 0.1) is 11.8 Å². The maximum atomic E-state index is 14.1. The zero-order valence-corrected chi connectivity index (χ0v) is 36.5. The van der Waals surface area contributed by atoms with E-state index in [2.05, 4.69) is 37.2 Å². The predicted octanol–water partition coefficient (Wildman–Crippen LogP) is 0.718. The van der Waals surface area contributed by atoms with Gasteiger partial charge in [-0.3, -0.25) is 38.4 Å². The van der Waals surface area contributed by atoms with Crippen molar-refractivity contribution in [2.24, 2.45) is 17.6 Å². The number of carbonyl (C=O) groups excluding carboxylic acids is 8. The Hall–Kier alpha value is -7.37. The SMILES string of the molecule is CC(C)C[C@H](NC(=O)[C@@H](NC(=O)[C@H](Cc1ccccc1)NC(=O)/C=C/C(=O)N[C@@H](C)C(=O)NCC(=O)N[C@@H](Cc1ccccc1)C(=O)O)c1ccccc1)C(=O)N[C@H](C(N)=O)C(C)C. The average molecular weight is 883 g/mol. The predicted molar refractivity (Wildman–Crippen MR) is 236 cm³/mol. The topological polar surface area (TPSA) is 284 Å². The van der Waals surface area contributed by atoms with Crippen molar-refractivity contribution >= 4 is 53.2 Å². The van der Waals surface area contributed by atoms with Crippen LogP contribution in [0.4, 0.5) is 0 Å². The number of carboxylic acids is 1. The Bertz CT molecular complexity index is 2120. The third kappa shape index (κ3) is 17.5. The van der Waals surface area contributed by atoms with Crippen LogP contribution in [-0.4, -0.2) is 95.1 Å². The molecule has 18 nitrogen and oxygen atoms in total. The Morgan fingerprint density at radius 1 is 0.562 bits per heavy atom. The van der Waals surface area contributed by atoms with Gasteiger partial charge in [0.2, 0.25) is 47.3 Å². The average Bonchev–Trinajstić information content (AvgIpc) is 3.25. The molecule has 0 saturated carbocycles. The van der Waals surface area contributed by atoms with E-state index in [4.69, 9.17) is 5.73 Å².